The normalized spacial score (nSPS) is 19.7. The van der Waals surface area contributed by atoms with Gasteiger partial charge >= 0.3 is 5.97 Å². The molecule has 0 radical (unpaired) electrons. The van der Waals surface area contributed by atoms with Crippen LogP contribution in [0.25, 0.3) is 10.9 Å². The number of thioether (sulfide) groups is 1. The van der Waals surface area contributed by atoms with Gasteiger partial charge in [0.2, 0.25) is 0 Å². The van der Waals surface area contributed by atoms with E-state index in [0.717, 1.165) is 41.7 Å². The van der Waals surface area contributed by atoms with E-state index in [0.29, 0.717) is 25.1 Å². The zero-order valence-corrected chi connectivity index (χ0v) is 20.2. The number of aliphatic carboxylic acids is 1. The summed E-state index contributed by atoms with van der Waals surface area (Å²) in [5, 5.41) is 21.7. The predicted molar refractivity (Wildman–Crippen MR) is 133 cm³/mol. The number of carboxylic acids is 1. The average Bonchev–Trinajstić information content (AvgIpc) is 2.87. The second-order valence-corrected chi connectivity index (χ2v) is 9.87. The van der Waals surface area contributed by atoms with E-state index in [2.05, 4.69) is 14.9 Å². The molecular weight excluding hydrogens is 450 g/mol. The number of nitrogens with zero attached hydrogens (tertiary/aromatic N) is 3. The highest BCUT2D eigenvalue weighted by Crippen LogP contribution is 2.34. The van der Waals surface area contributed by atoms with Crippen molar-refractivity contribution >= 4 is 28.6 Å². The van der Waals surface area contributed by atoms with E-state index in [1.165, 1.54) is 4.90 Å². The Bertz CT molecular complexity index is 1100. The minimum absolute atomic E-state index is 0.0545. The molecule has 3 heterocycles. The molecule has 2 aromatic heterocycles. The number of fused-ring (bicyclic) bond motifs is 1. The Morgan fingerprint density at radius 1 is 1.24 bits per heavy atom. The van der Waals surface area contributed by atoms with Crippen LogP contribution in [0.3, 0.4) is 0 Å². The quantitative estimate of drug-likeness (QED) is 0.415. The van der Waals surface area contributed by atoms with Gasteiger partial charge in [-0.25, -0.2) is 0 Å². The van der Waals surface area contributed by atoms with Crippen molar-refractivity contribution < 1.29 is 19.7 Å². The molecular formula is C26H31N3O4S. The third-order valence-electron chi connectivity index (χ3n) is 6.64. The zero-order chi connectivity index (χ0) is 23.9. The summed E-state index contributed by atoms with van der Waals surface area (Å²) in [7, 11) is 1.61. The Morgan fingerprint density at radius 2 is 2.06 bits per heavy atom. The molecule has 0 amide bonds. The Balaban J connectivity index is 1.34. The molecule has 1 aliphatic heterocycles. The standard InChI is InChI=1S/C26H31N3O4S/c1-33-19-3-4-24-22(16-19)21(8-12-28-24)25(30)5-2-18-9-13-29(17-23(18)26(31)32)14-15-34-20-6-10-27-11-7-20/h3-4,6-8,10-12,16,18,23,25,30H,2,5,9,13-15,17H2,1H3,(H,31,32)/t18-,23+,25-/m1/s1. The van der Waals surface area contributed by atoms with Crippen molar-refractivity contribution in [1.29, 1.82) is 0 Å². The maximum absolute atomic E-state index is 12.0. The lowest BCUT2D eigenvalue weighted by Gasteiger charge is -2.37. The molecule has 0 saturated carbocycles. The maximum Gasteiger partial charge on any atom is 0.308 e. The molecule has 3 atom stereocenters. The third-order valence-corrected chi connectivity index (χ3v) is 7.63. The van der Waals surface area contributed by atoms with Gasteiger partial charge in [0.05, 0.1) is 24.6 Å². The van der Waals surface area contributed by atoms with Crippen molar-refractivity contribution in [3.63, 3.8) is 0 Å². The largest absolute Gasteiger partial charge is 0.497 e. The summed E-state index contributed by atoms with van der Waals surface area (Å²) in [6.45, 7) is 2.30. The van der Waals surface area contributed by atoms with E-state index in [9.17, 15) is 15.0 Å². The Hall–Kier alpha value is -2.68. The van der Waals surface area contributed by atoms with Crippen LogP contribution in [0, 0.1) is 11.8 Å². The Kier molecular flexibility index (Phi) is 8.37. The van der Waals surface area contributed by atoms with Gasteiger partial charge in [-0.05, 0) is 73.7 Å². The number of carbonyl (C=O) groups is 1. The number of aliphatic hydroxyl groups excluding tert-OH is 1. The van der Waals surface area contributed by atoms with Crippen LogP contribution in [0.4, 0.5) is 0 Å². The number of aromatic nitrogens is 2. The van der Waals surface area contributed by atoms with Crippen molar-refractivity contribution in [3.05, 3.63) is 60.6 Å². The SMILES string of the molecule is COc1ccc2nccc([C@H](O)CC[C@@H]3CCN(CCSc4ccncc4)C[C@@H]3C(=O)O)c2c1. The van der Waals surface area contributed by atoms with Gasteiger partial charge in [-0.2, -0.15) is 0 Å². The first-order valence-electron chi connectivity index (χ1n) is 11.6. The molecule has 0 spiro atoms. The smallest absolute Gasteiger partial charge is 0.308 e. The number of piperidine rings is 1. The lowest BCUT2D eigenvalue weighted by atomic mass is 9.81. The number of likely N-dealkylation sites (tertiary alicyclic amines) is 1. The van der Waals surface area contributed by atoms with Crippen molar-refractivity contribution in [2.45, 2.75) is 30.3 Å². The minimum atomic E-state index is -0.745. The maximum atomic E-state index is 12.0. The molecule has 180 valence electrons. The molecule has 0 aliphatic carbocycles. The molecule has 1 aromatic carbocycles. The number of methoxy groups -OCH3 is 1. The average molecular weight is 482 g/mol. The van der Waals surface area contributed by atoms with Crippen LogP contribution < -0.4 is 4.74 Å². The second-order valence-electron chi connectivity index (χ2n) is 8.70. The van der Waals surface area contributed by atoms with Crippen LogP contribution in [0.15, 0.2) is 59.9 Å². The summed E-state index contributed by atoms with van der Waals surface area (Å²) in [5.41, 5.74) is 1.61. The number of rotatable bonds is 10. The van der Waals surface area contributed by atoms with E-state index in [1.54, 1.807) is 37.5 Å². The van der Waals surface area contributed by atoms with E-state index in [4.69, 9.17) is 4.74 Å². The molecule has 7 nitrogen and oxygen atoms in total. The zero-order valence-electron chi connectivity index (χ0n) is 19.3. The van der Waals surface area contributed by atoms with Gasteiger partial charge in [-0.3, -0.25) is 14.8 Å². The third kappa shape index (κ3) is 6.05. The monoisotopic (exact) mass is 481 g/mol. The molecule has 34 heavy (non-hydrogen) atoms. The molecule has 3 aromatic rings. The lowest BCUT2D eigenvalue weighted by molar-refractivity contribution is -0.146. The van der Waals surface area contributed by atoms with Crippen LogP contribution >= 0.6 is 11.8 Å². The highest BCUT2D eigenvalue weighted by atomic mass is 32.2. The van der Waals surface area contributed by atoms with Crippen molar-refractivity contribution in [3.8, 4) is 5.75 Å². The number of carboxylic acid groups (broad SMARTS) is 1. The number of hydrogen-bond acceptors (Lipinski definition) is 7. The fourth-order valence-electron chi connectivity index (χ4n) is 4.72. The van der Waals surface area contributed by atoms with Crippen LogP contribution in [0.2, 0.25) is 0 Å². The minimum Gasteiger partial charge on any atom is -0.497 e. The molecule has 1 aliphatic rings. The predicted octanol–water partition coefficient (Wildman–Crippen LogP) is 4.27. The van der Waals surface area contributed by atoms with Crippen molar-refractivity contribution in [1.82, 2.24) is 14.9 Å². The molecule has 1 saturated heterocycles. The first-order valence-corrected chi connectivity index (χ1v) is 12.6. The topological polar surface area (TPSA) is 95.8 Å². The summed E-state index contributed by atoms with van der Waals surface area (Å²) >= 11 is 1.76. The van der Waals surface area contributed by atoms with Gasteiger partial charge in [0.1, 0.15) is 5.75 Å². The fourth-order valence-corrected chi connectivity index (χ4v) is 5.61. The van der Waals surface area contributed by atoms with Crippen LogP contribution in [0.1, 0.15) is 30.9 Å². The van der Waals surface area contributed by atoms with E-state index in [-0.39, 0.29) is 5.92 Å². The van der Waals surface area contributed by atoms with Gasteiger partial charge in [0.15, 0.2) is 0 Å². The number of pyridine rings is 2. The molecule has 0 bridgehead atoms. The number of hydrogen-bond donors (Lipinski definition) is 2. The van der Waals surface area contributed by atoms with Crippen LogP contribution in [-0.2, 0) is 4.79 Å². The second kappa shape index (κ2) is 11.6. The number of benzene rings is 1. The highest BCUT2D eigenvalue weighted by Gasteiger charge is 2.34. The van der Waals surface area contributed by atoms with Gasteiger partial charge in [0.25, 0.3) is 0 Å². The van der Waals surface area contributed by atoms with E-state index < -0.39 is 18.0 Å². The van der Waals surface area contributed by atoms with Gasteiger partial charge < -0.3 is 19.8 Å². The van der Waals surface area contributed by atoms with Crippen LogP contribution in [-0.4, -0.2) is 63.5 Å². The summed E-state index contributed by atoms with van der Waals surface area (Å²) in [6, 6.07) is 11.4. The van der Waals surface area contributed by atoms with Gasteiger partial charge in [0, 0.05) is 47.7 Å². The van der Waals surface area contributed by atoms with E-state index >= 15 is 0 Å². The number of ether oxygens (including phenoxy) is 1. The first-order chi connectivity index (χ1) is 16.5. The number of aliphatic hydroxyl groups is 1. The van der Waals surface area contributed by atoms with Gasteiger partial charge in [-0.1, -0.05) is 0 Å². The molecule has 0 unspecified atom stereocenters. The molecule has 1 fully saturated rings. The molecule has 2 N–H and O–H groups in total. The fraction of sp³-hybridized carbons (Fsp3) is 0.423. The molecule has 4 rings (SSSR count). The molecule has 8 heteroatoms. The Labute approximate surface area is 204 Å². The summed E-state index contributed by atoms with van der Waals surface area (Å²) in [6.07, 6.45) is 6.61. The summed E-state index contributed by atoms with van der Waals surface area (Å²) < 4.78 is 5.33. The summed E-state index contributed by atoms with van der Waals surface area (Å²) in [4.78, 5) is 23.9. The van der Waals surface area contributed by atoms with Crippen molar-refractivity contribution in [2.24, 2.45) is 11.8 Å². The summed E-state index contributed by atoms with van der Waals surface area (Å²) in [5.74, 6) is 0.526. The van der Waals surface area contributed by atoms with Gasteiger partial charge in [-0.15, -0.1) is 11.8 Å². The first kappa shape index (κ1) is 24.4. The lowest BCUT2D eigenvalue weighted by Crippen LogP contribution is -2.44. The highest BCUT2D eigenvalue weighted by molar-refractivity contribution is 7.99. The van der Waals surface area contributed by atoms with Crippen molar-refractivity contribution in [2.75, 3.05) is 32.5 Å². The van der Waals surface area contributed by atoms with E-state index in [1.807, 2.05) is 36.4 Å². The Morgan fingerprint density at radius 3 is 2.82 bits per heavy atom. The van der Waals surface area contributed by atoms with Crippen LogP contribution in [0.5, 0.6) is 5.75 Å².